The molecule has 1 nitrogen and oxygen atoms in total. The maximum atomic E-state index is 3.56. The molecule has 0 aliphatic heterocycles. The lowest BCUT2D eigenvalue weighted by Crippen LogP contribution is -1.97. The third kappa shape index (κ3) is 2.04. The number of halogens is 3. The highest BCUT2D eigenvalue weighted by Gasteiger charge is 2.10. The van der Waals surface area contributed by atoms with Crippen LogP contribution in [0.15, 0.2) is 45.3 Å². The van der Waals surface area contributed by atoms with Crippen molar-refractivity contribution in [3.63, 3.8) is 0 Å². The maximum absolute atomic E-state index is 3.56. The molecule has 1 heterocycles. The first-order valence-electron chi connectivity index (χ1n) is 5.63. The smallest absolute Gasteiger partial charge is 0.0502 e. The number of rotatable bonds is 2. The average molecular weight is 432 g/mol. The maximum Gasteiger partial charge on any atom is 0.0502 e. The van der Waals surface area contributed by atoms with Crippen LogP contribution in [0.3, 0.4) is 0 Å². The summed E-state index contributed by atoms with van der Waals surface area (Å²) in [5.74, 6) is 0. The fourth-order valence-electron chi connectivity index (χ4n) is 2.37. The van der Waals surface area contributed by atoms with Gasteiger partial charge in [0.2, 0.25) is 0 Å². The number of aromatic nitrogens is 1. The van der Waals surface area contributed by atoms with Crippen LogP contribution in [-0.2, 0) is 6.54 Å². The van der Waals surface area contributed by atoms with Crippen molar-refractivity contribution in [2.24, 2.45) is 0 Å². The number of hydrogen-bond donors (Lipinski definition) is 0. The Morgan fingerprint density at radius 2 is 1.33 bits per heavy atom. The van der Waals surface area contributed by atoms with Crippen molar-refractivity contribution >= 4 is 69.6 Å². The molecular weight excluding hydrogens is 422 g/mol. The fourth-order valence-corrected chi connectivity index (χ4v) is 3.42. The van der Waals surface area contributed by atoms with Crippen molar-refractivity contribution in [1.82, 2.24) is 4.57 Å². The lowest BCUT2D eigenvalue weighted by atomic mass is 10.2. The topological polar surface area (TPSA) is 4.93 Å². The molecule has 0 aliphatic carbocycles. The summed E-state index contributed by atoms with van der Waals surface area (Å²) >= 11 is 10.6. The van der Waals surface area contributed by atoms with E-state index < -0.39 is 0 Å². The molecule has 0 saturated heterocycles. The van der Waals surface area contributed by atoms with Gasteiger partial charge in [0.25, 0.3) is 0 Å². The summed E-state index contributed by atoms with van der Waals surface area (Å²) in [5.41, 5.74) is 2.55. The third-order valence-electron chi connectivity index (χ3n) is 3.10. The molecule has 0 bridgehead atoms. The number of nitrogens with zero attached hydrogens (tertiary/aromatic N) is 1. The highest BCUT2D eigenvalue weighted by atomic mass is 79.9. The van der Waals surface area contributed by atoms with Crippen molar-refractivity contribution < 1.29 is 0 Å². The zero-order valence-corrected chi connectivity index (χ0v) is 14.2. The Hall–Kier alpha value is -0.320. The van der Waals surface area contributed by atoms with Gasteiger partial charge in [0.1, 0.15) is 0 Å². The van der Waals surface area contributed by atoms with Gasteiger partial charge in [-0.2, -0.15) is 0 Å². The predicted octanol–water partition coefficient (Wildman–Crippen LogP) is 5.71. The highest BCUT2D eigenvalue weighted by Crippen LogP contribution is 2.32. The van der Waals surface area contributed by atoms with Crippen molar-refractivity contribution in [3.8, 4) is 0 Å². The molecule has 0 spiro atoms. The first-order valence-corrected chi connectivity index (χ1v) is 8.34. The highest BCUT2D eigenvalue weighted by molar-refractivity contribution is 9.10. The normalized spacial score (nSPS) is 11.5. The van der Waals surface area contributed by atoms with Gasteiger partial charge in [0.05, 0.1) is 11.0 Å². The minimum atomic E-state index is 0.949. The van der Waals surface area contributed by atoms with Crippen molar-refractivity contribution in [2.45, 2.75) is 6.54 Å². The molecule has 2 aromatic carbocycles. The van der Waals surface area contributed by atoms with Gasteiger partial charge in [-0.15, -0.1) is 0 Å². The van der Waals surface area contributed by atoms with Gasteiger partial charge in [-0.3, -0.25) is 0 Å². The Balaban J connectivity index is 2.48. The fraction of sp³-hybridized carbons (Fsp3) is 0.143. The van der Waals surface area contributed by atoms with Crippen LogP contribution in [0.4, 0.5) is 0 Å². The van der Waals surface area contributed by atoms with Gasteiger partial charge in [0, 0.05) is 31.6 Å². The molecule has 1 aromatic heterocycles. The molecule has 0 amide bonds. The first-order chi connectivity index (χ1) is 8.70. The van der Waals surface area contributed by atoms with E-state index in [0.717, 1.165) is 20.8 Å². The van der Waals surface area contributed by atoms with E-state index in [0.29, 0.717) is 0 Å². The van der Waals surface area contributed by atoms with Crippen molar-refractivity contribution in [3.05, 3.63) is 45.3 Å². The van der Waals surface area contributed by atoms with E-state index in [1.807, 2.05) is 0 Å². The van der Waals surface area contributed by atoms with Crippen molar-refractivity contribution in [1.29, 1.82) is 0 Å². The quantitative estimate of drug-likeness (QED) is 0.458. The number of hydrogen-bond acceptors (Lipinski definition) is 0. The molecule has 3 rings (SSSR count). The van der Waals surface area contributed by atoms with Crippen LogP contribution in [0.2, 0.25) is 0 Å². The van der Waals surface area contributed by atoms with Crippen LogP contribution < -0.4 is 0 Å². The minimum Gasteiger partial charge on any atom is -0.340 e. The van der Waals surface area contributed by atoms with Gasteiger partial charge in [0.15, 0.2) is 0 Å². The second kappa shape index (κ2) is 4.99. The van der Waals surface area contributed by atoms with Crippen molar-refractivity contribution in [2.75, 3.05) is 5.33 Å². The van der Waals surface area contributed by atoms with Gasteiger partial charge < -0.3 is 4.57 Å². The molecule has 0 fully saturated rings. The number of fused-ring (bicyclic) bond motifs is 3. The molecule has 0 saturated carbocycles. The first kappa shape index (κ1) is 12.7. The predicted molar refractivity (Wildman–Crippen MR) is 88.6 cm³/mol. The summed E-state index contributed by atoms with van der Waals surface area (Å²) in [4.78, 5) is 0. The molecule has 0 radical (unpaired) electrons. The van der Waals surface area contributed by atoms with Gasteiger partial charge >= 0.3 is 0 Å². The molecule has 0 atom stereocenters. The van der Waals surface area contributed by atoms with E-state index in [1.54, 1.807) is 0 Å². The Morgan fingerprint density at radius 1 is 0.833 bits per heavy atom. The summed E-state index contributed by atoms with van der Waals surface area (Å²) in [5, 5.41) is 3.56. The lowest BCUT2D eigenvalue weighted by molar-refractivity contribution is 0.842. The summed E-state index contributed by atoms with van der Waals surface area (Å²) < 4.78 is 4.59. The Kier molecular flexibility index (Phi) is 3.52. The van der Waals surface area contributed by atoms with E-state index in [2.05, 4.69) is 88.8 Å². The van der Waals surface area contributed by atoms with Crippen LogP contribution >= 0.6 is 47.8 Å². The van der Waals surface area contributed by atoms with Gasteiger partial charge in [-0.05, 0) is 24.3 Å². The average Bonchev–Trinajstić information content (AvgIpc) is 2.63. The zero-order valence-electron chi connectivity index (χ0n) is 9.46. The van der Waals surface area contributed by atoms with Gasteiger partial charge in [-0.1, -0.05) is 59.9 Å². The molecule has 0 unspecified atom stereocenters. The lowest BCUT2D eigenvalue weighted by Gasteiger charge is -2.05. The summed E-state index contributed by atoms with van der Waals surface area (Å²) in [6.45, 7) is 0.965. The number of aryl methyl sites for hydroxylation is 1. The summed E-state index contributed by atoms with van der Waals surface area (Å²) in [7, 11) is 0. The molecule has 0 aliphatic rings. The van der Waals surface area contributed by atoms with Crippen LogP contribution in [0, 0.1) is 0 Å². The summed E-state index contributed by atoms with van der Waals surface area (Å²) in [6, 6.07) is 12.9. The number of alkyl halides is 1. The van der Waals surface area contributed by atoms with E-state index in [4.69, 9.17) is 0 Å². The second-order valence-electron chi connectivity index (χ2n) is 4.16. The largest absolute Gasteiger partial charge is 0.340 e. The SMILES string of the molecule is BrCCn1c2cc(Br)ccc2c2ccc(Br)cc21. The molecule has 18 heavy (non-hydrogen) atoms. The Bertz CT molecular complexity index is 671. The minimum absolute atomic E-state index is 0.949. The monoisotopic (exact) mass is 429 g/mol. The molecule has 92 valence electrons. The standard InChI is InChI=1S/C14H10Br3N/c15-5-6-18-13-7-9(16)1-3-11(13)12-4-2-10(17)8-14(12)18/h1-4,7-8H,5-6H2. The molecule has 3 aromatic rings. The summed E-state index contributed by atoms with van der Waals surface area (Å²) in [6.07, 6.45) is 0. The molecule has 0 N–H and O–H groups in total. The van der Waals surface area contributed by atoms with Gasteiger partial charge in [-0.25, -0.2) is 0 Å². The van der Waals surface area contributed by atoms with E-state index >= 15 is 0 Å². The van der Waals surface area contributed by atoms with Crippen LogP contribution in [-0.4, -0.2) is 9.90 Å². The van der Waals surface area contributed by atoms with E-state index in [9.17, 15) is 0 Å². The molecule has 4 heteroatoms. The third-order valence-corrected chi connectivity index (χ3v) is 4.44. The van der Waals surface area contributed by atoms with Crippen LogP contribution in [0.5, 0.6) is 0 Å². The Morgan fingerprint density at radius 3 is 1.78 bits per heavy atom. The van der Waals surface area contributed by atoms with E-state index in [-0.39, 0.29) is 0 Å². The number of benzene rings is 2. The Labute approximate surface area is 131 Å². The van der Waals surface area contributed by atoms with E-state index in [1.165, 1.54) is 21.8 Å². The second-order valence-corrected chi connectivity index (χ2v) is 6.79. The van der Waals surface area contributed by atoms with Crippen LogP contribution in [0.25, 0.3) is 21.8 Å². The zero-order chi connectivity index (χ0) is 12.7. The van der Waals surface area contributed by atoms with Crippen LogP contribution in [0.1, 0.15) is 0 Å². The molecular formula is C14H10Br3N.